The van der Waals surface area contributed by atoms with Crippen molar-refractivity contribution in [2.45, 2.75) is 32.9 Å². The first kappa shape index (κ1) is 15.5. The molecule has 0 aliphatic heterocycles. The van der Waals surface area contributed by atoms with Gasteiger partial charge in [0, 0.05) is 17.4 Å². The van der Waals surface area contributed by atoms with Crippen LogP contribution in [-0.4, -0.2) is 9.78 Å². The van der Waals surface area contributed by atoms with Gasteiger partial charge in [-0.25, -0.2) is 0 Å². The highest BCUT2D eigenvalue weighted by Gasteiger charge is 2.19. The minimum atomic E-state index is -0.0236. The van der Waals surface area contributed by atoms with Gasteiger partial charge < -0.3 is 0 Å². The van der Waals surface area contributed by atoms with Crippen molar-refractivity contribution in [1.29, 1.82) is 0 Å². The van der Waals surface area contributed by atoms with Gasteiger partial charge in [-0.05, 0) is 25.5 Å². The topological polar surface area (TPSA) is 55.9 Å². The first-order valence-electron chi connectivity index (χ1n) is 6.50. The molecule has 0 amide bonds. The summed E-state index contributed by atoms with van der Waals surface area (Å²) in [6.45, 7) is 4.76. The van der Waals surface area contributed by atoms with E-state index >= 15 is 0 Å². The maximum absolute atomic E-state index is 6.36. The van der Waals surface area contributed by atoms with E-state index in [1.165, 1.54) is 0 Å². The Balaban J connectivity index is 2.34. The average Bonchev–Trinajstić information content (AvgIpc) is 2.73. The molecule has 1 heterocycles. The molecule has 0 radical (unpaired) electrons. The summed E-state index contributed by atoms with van der Waals surface area (Å²) in [4.78, 5) is 0. The van der Waals surface area contributed by atoms with Crippen molar-refractivity contribution < 1.29 is 0 Å². The van der Waals surface area contributed by atoms with Crippen LogP contribution in [0.25, 0.3) is 0 Å². The molecular formula is C14H18BrClN4. The van der Waals surface area contributed by atoms with Crippen molar-refractivity contribution in [3.63, 3.8) is 0 Å². The lowest BCUT2D eigenvalue weighted by atomic mass is 10.0. The van der Waals surface area contributed by atoms with Crippen LogP contribution >= 0.6 is 27.5 Å². The molecule has 108 valence electrons. The lowest BCUT2D eigenvalue weighted by Crippen LogP contribution is -2.30. The zero-order chi connectivity index (χ0) is 14.7. The number of nitrogens with two attached hydrogens (primary N) is 1. The molecule has 0 saturated carbocycles. The maximum atomic E-state index is 6.36. The van der Waals surface area contributed by atoms with Crippen molar-refractivity contribution in [1.82, 2.24) is 15.2 Å². The Hall–Kier alpha value is -0.880. The number of hydrogen-bond acceptors (Lipinski definition) is 3. The lowest BCUT2D eigenvalue weighted by molar-refractivity contribution is 0.515. The predicted molar refractivity (Wildman–Crippen MR) is 85.6 cm³/mol. The number of nitrogens with one attached hydrogen (secondary N) is 1. The number of hydrazine groups is 1. The van der Waals surface area contributed by atoms with Gasteiger partial charge in [0.25, 0.3) is 0 Å². The minimum Gasteiger partial charge on any atom is -0.271 e. The molecule has 1 aromatic carbocycles. The van der Waals surface area contributed by atoms with Gasteiger partial charge in [-0.15, -0.1) is 0 Å². The number of benzene rings is 1. The molecule has 1 aromatic heterocycles. The molecule has 2 rings (SSSR count). The monoisotopic (exact) mass is 356 g/mol. The van der Waals surface area contributed by atoms with Crippen LogP contribution in [0.15, 0.2) is 28.7 Å². The number of hydrogen-bond donors (Lipinski definition) is 2. The molecule has 20 heavy (non-hydrogen) atoms. The van der Waals surface area contributed by atoms with Crippen LogP contribution in [0.4, 0.5) is 0 Å². The number of aryl methyl sites for hydroxylation is 2. The van der Waals surface area contributed by atoms with Crippen molar-refractivity contribution in [2.24, 2.45) is 5.84 Å². The summed E-state index contributed by atoms with van der Waals surface area (Å²) >= 11 is 9.92. The summed E-state index contributed by atoms with van der Waals surface area (Å²) in [5, 5.41) is 5.16. The second-order valence-electron chi connectivity index (χ2n) is 4.61. The Kier molecular flexibility index (Phi) is 5.21. The van der Waals surface area contributed by atoms with E-state index in [1.807, 2.05) is 35.9 Å². The summed E-state index contributed by atoms with van der Waals surface area (Å²) in [5.41, 5.74) is 5.83. The van der Waals surface area contributed by atoms with Crippen LogP contribution < -0.4 is 11.3 Å². The molecule has 4 nitrogen and oxygen atoms in total. The van der Waals surface area contributed by atoms with Crippen LogP contribution in [0.1, 0.15) is 29.9 Å². The number of halogens is 2. The number of rotatable bonds is 5. The number of nitrogens with zero attached hydrogens (tertiary/aromatic N) is 2. The molecule has 0 aliphatic carbocycles. The van der Waals surface area contributed by atoms with Gasteiger partial charge >= 0.3 is 0 Å². The predicted octanol–water partition coefficient (Wildman–Crippen LogP) is 3.37. The van der Waals surface area contributed by atoms with E-state index in [-0.39, 0.29) is 6.04 Å². The third-order valence-electron chi connectivity index (χ3n) is 3.33. The summed E-state index contributed by atoms with van der Waals surface area (Å²) in [6.07, 6.45) is 0.687. The molecule has 6 heteroatoms. The van der Waals surface area contributed by atoms with E-state index in [0.717, 1.165) is 33.0 Å². The fourth-order valence-corrected chi connectivity index (χ4v) is 3.05. The Morgan fingerprint density at radius 2 is 2.15 bits per heavy atom. The first-order chi connectivity index (χ1) is 9.58. The van der Waals surface area contributed by atoms with Crippen LogP contribution in [0.3, 0.4) is 0 Å². The second-order valence-corrected chi connectivity index (χ2v) is 5.84. The van der Waals surface area contributed by atoms with Gasteiger partial charge in [0.1, 0.15) is 0 Å². The maximum Gasteiger partial charge on any atom is 0.0847 e. The highest BCUT2D eigenvalue weighted by Crippen LogP contribution is 2.29. The van der Waals surface area contributed by atoms with E-state index in [0.29, 0.717) is 6.42 Å². The largest absolute Gasteiger partial charge is 0.271 e. The SMILES string of the molecule is CCn1nc(C)c(Cl)c1CC(NN)c1ccccc1Br. The van der Waals surface area contributed by atoms with Gasteiger partial charge in [-0.2, -0.15) is 5.10 Å². The number of aromatic nitrogens is 2. The van der Waals surface area contributed by atoms with Gasteiger partial charge in [-0.3, -0.25) is 16.0 Å². The highest BCUT2D eigenvalue weighted by atomic mass is 79.9. The van der Waals surface area contributed by atoms with Gasteiger partial charge in [-0.1, -0.05) is 45.7 Å². The summed E-state index contributed by atoms with van der Waals surface area (Å²) in [6, 6.07) is 8.00. The van der Waals surface area contributed by atoms with E-state index in [9.17, 15) is 0 Å². The van der Waals surface area contributed by atoms with E-state index < -0.39 is 0 Å². The third kappa shape index (κ3) is 3.06. The van der Waals surface area contributed by atoms with Crippen LogP contribution in [-0.2, 0) is 13.0 Å². The Morgan fingerprint density at radius 3 is 2.75 bits per heavy atom. The summed E-state index contributed by atoms with van der Waals surface area (Å²) in [5.74, 6) is 5.73. The minimum absolute atomic E-state index is 0.0236. The molecule has 0 bridgehead atoms. The molecule has 3 N–H and O–H groups in total. The molecule has 0 saturated heterocycles. The molecule has 1 unspecified atom stereocenters. The van der Waals surface area contributed by atoms with Crippen molar-refractivity contribution in [3.8, 4) is 0 Å². The molecule has 0 aliphatic rings. The molecule has 0 fully saturated rings. The van der Waals surface area contributed by atoms with Crippen LogP contribution in [0.2, 0.25) is 5.02 Å². The van der Waals surface area contributed by atoms with E-state index in [1.54, 1.807) is 0 Å². The smallest absolute Gasteiger partial charge is 0.0847 e. The highest BCUT2D eigenvalue weighted by molar-refractivity contribution is 9.10. The molecule has 1 atom stereocenters. The molecular weight excluding hydrogens is 340 g/mol. The Labute approximate surface area is 132 Å². The third-order valence-corrected chi connectivity index (χ3v) is 4.55. The van der Waals surface area contributed by atoms with Crippen molar-refractivity contribution >= 4 is 27.5 Å². The fraction of sp³-hybridized carbons (Fsp3) is 0.357. The van der Waals surface area contributed by atoms with Crippen LogP contribution in [0.5, 0.6) is 0 Å². The zero-order valence-corrected chi connectivity index (χ0v) is 13.9. The van der Waals surface area contributed by atoms with Gasteiger partial charge in [0.05, 0.1) is 22.5 Å². The van der Waals surface area contributed by atoms with Gasteiger partial charge in [0.2, 0.25) is 0 Å². The molecule has 0 spiro atoms. The Bertz CT molecular complexity index is 597. The second kappa shape index (κ2) is 6.72. The van der Waals surface area contributed by atoms with Gasteiger partial charge in [0.15, 0.2) is 0 Å². The van der Waals surface area contributed by atoms with E-state index in [2.05, 4.69) is 33.4 Å². The van der Waals surface area contributed by atoms with Crippen molar-refractivity contribution in [3.05, 3.63) is 50.7 Å². The zero-order valence-electron chi connectivity index (χ0n) is 11.5. The standard InChI is InChI=1S/C14H18BrClN4/c1-3-20-13(14(16)9(2)19-20)8-12(18-17)10-6-4-5-7-11(10)15/h4-7,12,18H,3,8,17H2,1-2H3. The van der Waals surface area contributed by atoms with E-state index in [4.69, 9.17) is 17.4 Å². The first-order valence-corrected chi connectivity index (χ1v) is 7.67. The summed E-state index contributed by atoms with van der Waals surface area (Å²) < 4.78 is 2.96. The summed E-state index contributed by atoms with van der Waals surface area (Å²) in [7, 11) is 0. The normalized spacial score (nSPS) is 12.7. The van der Waals surface area contributed by atoms with Crippen molar-refractivity contribution in [2.75, 3.05) is 0 Å². The molecule has 2 aromatic rings. The lowest BCUT2D eigenvalue weighted by Gasteiger charge is -2.18. The Morgan fingerprint density at radius 1 is 1.45 bits per heavy atom. The quantitative estimate of drug-likeness (QED) is 0.637. The average molecular weight is 358 g/mol. The van der Waals surface area contributed by atoms with Crippen LogP contribution in [0, 0.1) is 6.92 Å². The fourth-order valence-electron chi connectivity index (χ4n) is 2.27.